The second-order valence-corrected chi connectivity index (χ2v) is 9.25. The van der Waals surface area contributed by atoms with Gasteiger partial charge in [-0.25, -0.2) is 4.79 Å². The maximum absolute atomic E-state index is 11.5. The van der Waals surface area contributed by atoms with Crippen molar-refractivity contribution in [3.63, 3.8) is 0 Å². The molecule has 23 heavy (non-hydrogen) atoms. The quantitative estimate of drug-likeness (QED) is 0.563. The Kier molecular flexibility index (Phi) is 9.19. The summed E-state index contributed by atoms with van der Waals surface area (Å²) in [5.41, 5.74) is 5.94. The van der Waals surface area contributed by atoms with Crippen LogP contribution in [0.15, 0.2) is 0 Å². The van der Waals surface area contributed by atoms with E-state index in [0.717, 1.165) is 25.8 Å². The van der Waals surface area contributed by atoms with Gasteiger partial charge in [-0.2, -0.15) is 0 Å². The number of amides is 1. The van der Waals surface area contributed by atoms with Gasteiger partial charge >= 0.3 is 6.09 Å². The minimum atomic E-state index is -0.428. The summed E-state index contributed by atoms with van der Waals surface area (Å²) in [6.07, 6.45) is 6.51. The molecule has 4 heteroatoms. The fourth-order valence-corrected chi connectivity index (χ4v) is 2.55. The molecule has 0 rings (SSSR count). The summed E-state index contributed by atoms with van der Waals surface area (Å²) in [4.78, 5) is 11.5. The molecule has 0 radical (unpaired) electrons. The SMILES string of the molecule is CC(C)(CCN)CCC(C)(C)CCCCNC(=O)OC(C)(C)C. The van der Waals surface area contributed by atoms with Crippen molar-refractivity contribution in [1.29, 1.82) is 0 Å². The highest BCUT2D eigenvalue weighted by molar-refractivity contribution is 5.67. The summed E-state index contributed by atoms with van der Waals surface area (Å²) in [6, 6.07) is 0. The van der Waals surface area contributed by atoms with Crippen molar-refractivity contribution in [3.8, 4) is 0 Å². The van der Waals surface area contributed by atoms with Gasteiger partial charge in [-0.3, -0.25) is 0 Å². The highest BCUT2D eigenvalue weighted by atomic mass is 16.6. The largest absolute Gasteiger partial charge is 0.444 e. The molecule has 0 spiro atoms. The molecule has 0 unspecified atom stereocenters. The maximum atomic E-state index is 11.5. The highest BCUT2D eigenvalue weighted by Gasteiger charge is 2.23. The summed E-state index contributed by atoms with van der Waals surface area (Å²) < 4.78 is 5.22. The number of unbranched alkanes of at least 4 members (excludes halogenated alkanes) is 1. The number of alkyl carbamates (subject to hydrolysis) is 1. The van der Waals surface area contributed by atoms with Crippen LogP contribution in [0.3, 0.4) is 0 Å². The normalized spacial score (nSPS) is 13.0. The van der Waals surface area contributed by atoms with Gasteiger partial charge in [-0.1, -0.05) is 34.1 Å². The lowest BCUT2D eigenvalue weighted by Gasteiger charge is -2.31. The molecule has 0 saturated heterocycles. The van der Waals surface area contributed by atoms with Crippen LogP contribution in [0, 0.1) is 10.8 Å². The summed E-state index contributed by atoms with van der Waals surface area (Å²) in [5, 5.41) is 2.82. The van der Waals surface area contributed by atoms with E-state index in [2.05, 4.69) is 33.0 Å². The number of ether oxygens (including phenoxy) is 1. The van der Waals surface area contributed by atoms with Crippen molar-refractivity contribution in [1.82, 2.24) is 5.32 Å². The van der Waals surface area contributed by atoms with Crippen LogP contribution in [-0.4, -0.2) is 24.8 Å². The lowest BCUT2D eigenvalue weighted by Crippen LogP contribution is -2.33. The molecule has 0 aliphatic carbocycles. The number of hydrogen-bond acceptors (Lipinski definition) is 3. The minimum absolute atomic E-state index is 0.319. The van der Waals surface area contributed by atoms with E-state index in [4.69, 9.17) is 10.5 Å². The predicted octanol–water partition coefficient (Wildman–Crippen LogP) is 4.86. The molecule has 138 valence electrons. The van der Waals surface area contributed by atoms with Gasteiger partial charge in [0.2, 0.25) is 0 Å². The van der Waals surface area contributed by atoms with Gasteiger partial charge in [0.05, 0.1) is 0 Å². The van der Waals surface area contributed by atoms with Crippen LogP contribution >= 0.6 is 0 Å². The third-order valence-electron chi connectivity index (χ3n) is 4.25. The molecule has 0 aliphatic rings. The van der Waals surface area contributed by atoms with Gasteiger partial charge in [-0.05, 0) is 70.3 Å². The Bertz CT molecular complexity index is 344. The van der Waals surface area contributed by atoms with Crippen LogP contribution in [0.1, 0.15) is 87.0 Å². The topological polar surface area (TPSA) is 64.3 Å². The second kappa shape index (κ2) is 9.51. The van der Waals surface area contributed by atoms with E-state index in [-0.39, 0.29) is 6.09 Å². The fraction of sp³-hybridized carbons (Fsp3) is 0.947. The van der Waals surface area contributed by atoms with E-state index in [1.54, 1.807) is 0 Å². The Hall–Kier alpha value is -0.770. The monoisotopic (exact) mass is 328 g/mol. The molecule has 0 aromatic heterocycles. The molecular weight excluding hydrogens is 288 g/mol. The zero-order valence-electron chi connectivity index (χ0n) is 16.6. The molecule has 0 aromatic carbocycles. The van der Waals surface area contributed by atoms with E-state index in [9.17, 15) is 4.79 Å². The first-order valence-corrected chi connectivity index (χ1v) is 9.04. The smallest absolute Gasteiger partial charge is 0.407 e. The summed E-state index contributed by atoms with van der Waals surface area (Å²) in [6.45, 7) is 16.4. The van der Waals surface area contributed by atoms with Gasteiger partial charge in [0.1, 0.15) is 5.60 Å². The number of carbonyl (C=O) groups excluding carboxylic acids is 1. The first-order chi connectivity index (χ1) is 10.4. The second-order valence-electron chi connectivity index (χ2n) is 9.25. The third-order valence-corrected chi connectivity index (χ3v) is 4.25. The molecule has 0 heterocycles. The number of hydrogen-bond donors (Lipinski definition) is 2. The van der Waals surface area contributed by atoms with Crippen LogP contribution in [0.5, 0.6) is 0 Å². The molecule has 0 bridgehead atoms. The zero-order chi connectivity index (χ0) is 18.1. The summed E-state index contributed by atoms with van der Waals surface area (Å²) in [7, 11) is 0. The average Bonchev–Trinajstić information content (AvgIpc) is 2.34. The van der Waals surface area contributed by atoms with Crippen LogP contribution in [0.2, 0.25) is 0 Å². The van der Waals surface area contributed by atoms with E-state index in [1.165, 1.54) is 19.3 Å². The average molecular weight is 329 g/mol. The summed E-state index contributed by atoms with van der Waals surface area (Å²) in [5.74, 6) is 0. The molecule has 3 N–H and O–H groups in total. The van der Waals surface area contributed by atoms with Gasteiger partial charge in [0.25, 0.3) is 0 Å². The molecule has 0 saturated carbocycles. The van der Waals surface area contributed by atoms with Crippen LogP contribution in [-0.2, 0) is 4.74 Å². The summed E-state index contributed by atoms with van der Waals surface area (Å²) >= 11 is 0. The van der Waals surface area contributed by atoms with Gasteiger partial charge < -0.3 is 15.8 Å². The number of nitrogens with one attached hydrogen (secondary N) is 1. The lowest BCUT2D eigenvalue weighted by molar-refractivity contribution is 0.0526. The van der Waals surface area contributed by atoms with Crippen molar-refractivity contribution < 1.29 is 9.53 Å². The van der Waals surface area contributed by atoms with E-state index in [0.29, 0.717) is 17.4 Å². The van der Waals surface area contributed by atoms with Crippen molar-refractivity contribution in [2.24, 2.45) is 16.6 Å². The lowest BCUT2D eigenvalue weighted by atomic mass is 9.75. The first kappa shape index (κ1) is 22.2. The molecular formula is C19H40N2O2. The van der Waals surface area contributed by atoms with E-state index < -0.39 is 5.60 Å². The van der Waals surface area contributed by atoms with Crippen molar-refractivity contribution in [3.05, 3.63) is 0 Å². The van der Waals surface area contributed by atoms with E-state index in [1.807, 2.05) is 20.8 Å². The van der Waals surface area contributed by atoms with Crippen LogP contribution in [0.25, 0.3) is 0 Å². The number of nitrogens with two attached hydrogens (primary N) is 1. The predicted molar refractivity (Wildman–Crippen MR) is 98.6 cm³/mol. The van der Waals surface area contributed by atoms with Gasteiger partial charge in [0.15, 0.2) is 0 Å². The maximum Gasteiger partial charge on any atom is 0.407 e. The van der Waals surface area contributed by atoms with Crippen LogP contribution < -0.4 is 11.1 Å². The van der Waals surface area contributed by atoms with E-state index >= 15 is 0 Å². The highest BCUT2D eigenvalue weighted by Crippen LogP contribution is 2.35. The fourth-order valence-electron chi connectivity index (χ4n) is 2.55. The Morgan fingerprint density at radius 2 is 1.39 bits per heavy atom. The zero-order valence-corrected chi connectivity index (χ0v) is 16.6. The van der Waals surface area contributed by atoms with Gasteiger partial charge in [-0.15, -0.1) is 0 Å². The Morgan fingerprint density at radius 3 is 1.87 bits per heavy atom. The Morgan fingerprint density at radius 1 is 0.870 bits per heavy atom. The molecule has 1 amide bonds. The third kappa shape index (κ3) is 13.4. The molecule has 0 aromatic rings. The van der Waals surface area contributed by atoms with Crippen molar-refractivity contribution in [2.75, 3.05) is 13.1 Å². The molecule has 0 atom stereocenters. The molecule has 4 nitrogen and oxygen atoms in total. The van der Waals surface area contributed by atoms with Crippen molar-refractivity contribution in [2.45, 2.75) is 92.6 Å². The minimum Gasteiger partial charge on any atom is -0.444 e. The number of rotatable bonds is 10. The molecule has 0 fully saturated rings. The van der Waals surface area contributed by atoms with Crippen LogP contribution in [0.4, 0.5) is 4.79 Å². The molecule has 0 aliphatic heterocycles. The van der Waals surface area contributed by atoms with Gasteiger partial charge in [0, 0.05) is 6.54 Å². The number of carbonyl (C=O) groups is 1. The van der Waals surface area contributed by atoms with Crippen molar-refractivity contribution >= 4 is 6.09 Å². The standard InChI is InChI=1S/C19H40N2O2/c1-17(2,3)23-16(22)21-15-9-8-10-18(4,5)11-12-19(6,7)13-14-20/h8-15,20H2,1-7H3,(H,21,22). The Labute approximate surface area is 143 Å². The first-order valence-electron chi connectivity index (χ1n) is 9.04. The Balaban J connectivity index is 3.88.